The van der Waals surface area contributed by atoms with Gasteiger partial charge in [0.05, 0.1) is 12.2 Å². The zero-order valence-corrected chi connectivity index (χ0v) is 22.7. The van der Waals surface area contributed by atoms with E-state index < -0.39 is 17.8 Å². The van der Waals surface area contributed by atoms with Crippen molar-refractivity contribution in [3.05, 3.63) is 58.5 Å². The maximum absolute atomic E-state index is 14.4. The van der Waals surface area contributed by atoms with E-state index in [0.717, 1.165) is 75.0 Å². The molecule has 3 fully saturated rings. The Morgan fingerprint density at radius 1 is 1.26 bits per heavy atom. The molecule has 4 heterocycles. The Morgan fingerprint density at radius 3 is 3.00 bits per heavy atom. The van der Waals surface area contributed by atoms with Crippen molar-refractivity contribution in [2.24, 2.45) is 5.41 Å². The molecule has 1 aromatic heterocycles. The van der Waals surface area contributed by atoms with Crippen molar-refractivity contribution in [3.8, 4) is 0 Å². The molecule has 1 saturated carbocycles. The van der Waals surface area contributed by atoms with E-state index in [1.54, 1.807) is 6.07 Å². The Morgan fingerprint density at radius 2 is 2.15 bits per heavy atom. The largest absolute Gasteiger partial charge is 0.480 e. The first kappa shape index (κ1) is 26.7. The van der Waals surface area contributed by atoms with E-state index in [1.807, 2.05) is 4.90 Å². The minimum Gasteiger partial charge on any atom is -0.480 e. The van der Waals surface area contributed by atoms with Crippen LogP contribution in [-0.4, -0.2) is 59.9 Å². The van der Waals surface area contributed by atoms with E-state index in [-0.39, 0.29) is 12.2 Å². The molecule has 3 atom stereocenters. The van der Waals surface area contributed by atoms with Crippen molar-refractivity contribution in [1.29, 1.82) is 0 Å². The number of hydrogen-bond donors (Lipinski definition) is 2. The first-order valence-electron chi connectivity index (χ1n) is 14.7. The predicted molar refractivity (Wildman–Crippen MR) is 146 cm³/mol. The fourth-order valence-electron chi connectivity index (χ4n) is 6.65. The second-order valence-electron chi connectivity index (χ2n) is 11.9. The number of benzene rings is 1. The molecule has 39 heavy (non-hydrogen) atoms. The summed E-state index contributed by atoms with van der Waals surface area (Å²) in [6.45, 7) is 3.45. The van der Waals surface area contributed by atoms with Crippen LogP contribution in [0.3, 0.4) is 0 Å². The molecule has 4 aliphatic rings. The van der Waals surface area contributed by atoms with Crippen LogP contribution in [0, 0.1) is 11.2 Å². The molecule has 2 unspecified atom stereocenters. The van der Waals surface area contributed by atoms with Crippen molar-refractivity contribution < 1.29 is 23.8 Å². The molecule has 1 aromatic carbocycles. The number of unbranched alkanes of at least 4 members (excludes halogenated alkanes) is 1. The van der Waals surface area contributed by atoms with E-state index >= 15 is 0 Å². The number of carbonyl (C=O) groups is 1. The number of rotatable bonds is 10. The fraction of sp³-hybridized carbons (Fsp3) is 0.613. The van der Waals surface area contributed by atoms with E-state index in [4.69, 9.17) is 14.5 Å². The monoisotopic (exact) mass is 537 g/mol. The number of halogens is 1. The molecule has 210 valence electrons. The topological polar surface area (TPSA) is 83.9 Å². The molecule has 7 nitrogen and oxygen atoms in total. The van der Waals surface area contributed by atoms with Gasteiger partial charge in [-0.1, -0.05) is 12.1 Å². The van der Waals surface area contributed by atoms with Crippen LogP contribution in [0.15, 0.2) is 30.3 Å². The van der Waals surface area contributed by atoms with Gasteiger partial charge >= 0.3 is 5.97 Å². The summed E-state index contributed by atoms with van der Waals surface area (Å²) in [5.41, 5.74) is 4.11. The molecule has 1 aliphatic carbocycles. The molecular weight excluding hydrogens is 497 g/mol. The summed E-state index contributed by atoms with van der Waals surface area (Å²) in [5.74, 6) is -0.322. The summed E-state index contributed by atoms with van der Waals surface area (Å²) in [5, 5.41) is 13.7. The third-order valence-corrected chi connectivity index (χ3v) is 9.13. The summed E-state index contributed by atoms with van der Waals surface area (Å²) < 4.78 is 26.7. The maximum Gasteiger partial charge on any atom is 0.325 e. The van der Waals surface area contributed by atoms with Gasteiger partial charge in [0.25, 0.3) is 0 Å². The molecule has 2 saturated heterocycles. The molecule has 0 radical (unpaired) electrons. The molecule has 0 bridgehead atoms. The highest BCUT2D eigenvalue weighted by Crippen LogP contribution is 2.58. The van der Waals surface area contributed by atoms with Crippen molar-refractivity contribution in [2.75, 3.05) is 38.2 Å². The van der Waals surface area contributed by atoms with Crippen LogP contribution in [0.4, 0.5) is 10.2 Å². The number of aromatic nitrogens is 1. The van der Waals surface area contributed by atoms with Gasteiger partial charge in [0, 0.05) is 38.5 Å². The number of aryl methyl sites for hydroxylation is 2. The highest BCUT2D eigenvalue weighted by Gasteiger charge is 2.47. The standard InChI is InChI=1S/C31H40FN3O4/c32-22-7-9-25(27-19-31(11-12-31)13-17-39-27)26(18-22)28(30(36)37)35-15-10-24(20-35)38-16-2-1-5-23-8-6-21-4-3-14-33-29(21)34-23/h6-9,18,24,27-28H,1-5,10-17,19-20H2,(H,33,34)(H,36,37)/t24-,27?,28?/m1/s1. The lowest BCUT2D eigenvalue weighted by atomic mass is 9.86. The van der Waals surface area contributed by atoms with Gasteiger partial charge in [0.2, 0.25) is 0 Å². The number of nitrogens with zero attached hydrogens (tertiary/aromatic N) is 2. The first-order valence-corrected chi connectivity index (χ1v) is 14.7. The molecule has 2 aromatic rings. The molecule has 0 amide bonds. The number of carboxylic acid groups (broad SMARTS) is 1. The molecule has 6 rings (SSSR count). The minimum atomic E-state index is -0.952. The van der Waals surface area contributed by atoms with Crippen LogP contribution < -0.4 is 5.32 Å². The summed E-state index contributed by atoms with van der Waals surface area (Å²) in [6, 6.07) is 8.00. The molecule has 3 aliphatic heterocycles. The van der Waals surface area contributed by atoms with Gasteiger partial charge in [-0.2, -0.15) is 0 Å². The number of ether oxygens (including phenoxy) is 2. The van der Waals surface area contributed by atoms with Crippen LogP contribution in [0.5, 0.6) is 0 Å². The molecule has 8 heteroatoms. The first-order chi connectivity index (χ1) is 19.0. The van der Waals surface area contributed by atoms with Gasteiger partial charge in [0.15, 0.2) is 0 Å². The second-order valence-corrected chi connectivity index (χ2v) is 11.9. The Hall–Kier alpha value is -2.55. The van der Waals surface area contributed by atoms with Crippen molar-refractivity contribution in [1.82, 2.24) is 9.88 Å². The SMILES string of the molecule is O=C(O)C(c1cc(F)ccc1C1CC2(CCO1)CC2)N1CC[C@@H](OCCCCc2ccc3c(n2)NCCC3)C1. The third kappa shape index (κ3) is 6.13. The Kier molecular flexibility index (Phi) is 7.87. The number of nitrogens with one attached hydrogen (secondary N) is 1. The van der Waals surface area contributed by atoms with Gasteiger partial charge in [0.1, 0.15) is 17.7 Å². The average molecular weight is 538 g/mol. The second kappa shape index (κ2) is 11.5. The smallest absolute Gasteiger partial charge is 0.325 e. The zero-order valence-electron chi connectivity index (χ0n) is 22.7. The third-order valence-electron chi connectivity index (χ3n) is 9.13. The van der Waals surface area contributed by atoms with Gasteiger partial charge in [-0.05, 0) is 105 Å². The lowest BCUT2D eigenvalue weighted by molar-refractivity contribution is -0.143. The maximum atomic E-state index is 14.4. The van der Waals surface area contributed by atoms with Crippen molar-refractivity contribution >= 4 is 11.8 Å². The minimum absolute atomic E-state index is 0.0180. The normalized spacial score (nSPS) is 24.7. The lowest BCUT2D eigenvalue weighted by Crippen LogP contribution is -2.35. The number of carboxylic acids is 1. The fourth-order valence-corrected chi connectivity index (χ4v) is 6.65. The Bertz CT molecular complexity index is 1190. The van der Waals surface area contributed by atoms with E-state index in [2.05, 4.69) is 17.4 Å². The summed E-state index contributed by atoms with van der Waals surface area (Å²) in [6.07, 6.45) is 10.1. The van der Waals surface area contributed by atoms with Gasteiger partial charge in [-0.15, -0.1) is 0 Å². The summed E-state index contributed by atoms with van der Waals surface area (Å²) in [4.78, 5) is 19.3. The molecule has 2 N–H and O–H groups in total. The van der Waals surface area contributed by atoms with E-state index in [1.165, 1.54) is 30.5 Å². The van der Waals surface area contributed by atoms with Crippen molar-refractivity contribution in [2.45, 2.75) is 82.5 Å². The van der Waals surface area contributed by atoms with E-state index in [0.29, 0.717) is 37.3 Å². The van der Waals surface area contributed by atoms with Crippen LogP contribution in [0.1, 0.15) is 85.9 Å². The van der Waals surface area contributed by atoms with Crippen molar-refractivity contribution in [3.63, 3.8) is 0 Å². The van der Waals surface area contributed by atoms with Gasteiger partial charge in [-0.3, -0.25) is 9.69 Å². The highest BCUT2D eigenvalue weighted by molar-refractivity contribution is 5.76. The quantitative estimate of drug-likeness (QED) is 0.390. The summed E-state index contributed by atoms with van der Waals surface area (Å²) >= 11 is 0. The zero-order chi connectivity index (χ0) is 26.8. The predicted octanol–water partition coefficient (Wildman–Crippen LogP) is 5.45. The Balaban J connectivity index is 1.03. The summed E-state index contributed by atoms with van der Waals surface area (Å²) in [7, 11) is 0. The molecular formula is C31H40FN3O4. The van der Waals surface area contributed by atoms with Crippen LogP contribution in [-0.2, 0) is 27.1 Å². The number of fused-ring (bicyclic) bond motifs is 1. The van der Waals surface area contributed by atoms with Crippen LogP contribution >= 0.6 is 0 Å². The Labute approximate surface area is 230 Å². The lowest BCUT2D eigenvalue weighted by Gasteiger charge is -2.33. The van der Waals surface area contributed by atoms with Crippen LogP contribution in [0.2, 0.25) is 0 Å². The number of aliphatic carboxylic acids is 1. The molecule has 1 spiro atoms. The van der Waals surface area contributed by atoms with Gasteiger partial charge < -0.3 is 19.9 Å². The average Bonchev–Trinajstić information content (AvgIpc) is 3.51. The number of likely N-dealkylation sites (tertiary alicyclic amines) is 1. The number of pyridine rings is 1. The van der Waals surface area contributed by atoms with Gasteiger partial charge in [-0.25, -0.2) is 9.37 Å². The number of anilines is 1. The van der Waals surface area contributed by atoms with Crippen LogP contribution in [0.25, 0.3) is 0 Å². The number of hydrogen-bond acceptors (Lipinski definition) is 6. The van der Waals surface area contributed by atoms with E-state index in [9.17, 15) is 14.3 Å². The highest BCUT2D eigenvalue weighted by atomic mass is 19.1.